The average molecular weight is 275 g/mol. The number of hydrogen-bond donors (Lipinski definition) is 1. The van der Waals surface area contributed by atoms with Crippen LogP contribution in [0.5, 0.6) is 0 Å². The number of amides is 1. The molecule has 1 N–H and O–H groups in total. The number of hydrogen-bond acceptors (Lipinski definition) is 2. The summed E-state index contributed by atoms with van der Waals surface area (Å²) in [4.78, 5) is 13.2. The Balaban J connectivity index is 2.38. The molecule has 3 nitrogen and oxygen atoms in total. The Labute approximate surface area is 108 Å². The van der Waals surface area contributed by atoms with Gasteiger partial charge in [0, 0.05) is 13.0 Å². The Morgan fingerprint density at radius 3 is 2.69 bits per heavy atom. The minimum atomic E-state index is -0.0397. The Morgan fingerprint density at radius 1 is 1.31 bits per heavy atom. The molecule has 1 aromatic rings. The molecule has 1 amide bonds. The zero-order valence-corrected chi connectivity index (χ0v) is 10.5. The van der Waals surface area contributed by atoms with Crippen LogP contribution in [0.2, 0.25) is 10.0 Å². The van der Waals surface area contributed by atoms with Crippen LogP contribution in [-0.2, 0) is 4.79 Å². The first-order valence-corrected chi connectivity index (χ1v) is 5.82. The number of nitrogens with one attached hydrogen (secondary N) is 1. The van der Waals surface area contributed by atoms with Crippen molar-refractivity contribution in [3.05, 3.63) is 28.2 Å². The maximum Gasteiger partial charge on any atom is 0.235 e. The largest absolute Gasteiger partial charge is 0.361 e. The van der Waals surface area contributed by atoms with Crippen LogP contribution < -0.4 is 10.2 Å². The molecule has 0 unspecified atom stereocenters. The fraction of sp³-hybridized carbons (Fsp3) is 0.200. The van der Waals surface area contributed by atoms with Crippen molar-refractivity contribution in [1.82, 2.24) is 5.32 Å². The topological polar surface area (TPSA) is 32.3 Å². The molecule has 1 aromatic carbocycles. The van der Waals surface area contributed by atoms with E-state index in [9.17, 15) is 4.79 Å². The first-order valence-electron chi connectivity index (χ1n) is 4.65. The quantitative estimate of drug-likeness (QED) is 0.800. The molecule has 0 aliphatic carbocycles. The van der Waals surface area contributed by atoms with Gasteiger partial charge in [0.25, 0.3) is 0 Å². The second-order valence-corrected chi connectivity index (χ2v) is 4.51. The summed E-state index contributed by atoms with van der Waals surface area (Å²) in [5.74, 6) is -0.0397. The average Bonchev–Trinajstić information content (AvgIpc) is 2.23. The number of nitrogens with zero attached hydrogens (tertiary/aromatic N) is 1. The second-order valence-electron chi connectivity index (χ2n) is 3.31. The zero-order chi connectivity index (χ0) is 11.7. The Kier molecular flexibility index (Phi) is 3.33. The summed E-state index contributed by atoms with van der Waals surface area (Å²) in [5.41, 5.74) is 0.636. The van der Waals surface area contributed by atoms with E-state index in [0.717, 1.165) is 0 Å². The van der Waals surface area contributed by atoms with Gasteiger partial charge in [-0.3, -0.25) is 9.69 Å². The van der Waals surface area contributed by atoms with Crippen molar-refractivity contribution in [3.63, 3.8) is 0 Å². The maximum absolute atomic E-state index is 11.7. The van der Waals surface area contributed by atoms with Gasteiger partial charge in [0.1, 0.15) is 0 Å². The van der Waals surface area contributed by atoms with E-state index in [4.69, 9.17) is 35.4 Å². The normalized spacial score (nSPS) is 16.2. The molecule has 16 heavy (non-hydrogen) atoms. The highest BCUT2D eigenvalue weighted by atomic mass is 35.5. The third kappa shape index (κ3) is 2.14. The van der Waals surface area contributed by atoms with E-state index in [2.05, 4.69) is 5.32 Å². The van der Waals surface area contributed by atoms with Gasteiger partial charge in [-0.15, -0.1) is 0 Å². The van der Waals surface area contributed by atoms with E-state index in [-0.39, 0.29) is 5.91 Å². The number of benzene rings is 1. The molecule has 0 bridgehead atoms. The Bertz CT molecular complexity index is 448. The first-order chi connectivity index (χ1) is 7.59. The number of carbonyl (C=O) groups excluding carboxylic acids is 1. The van der Waals surface area contributed by atoms with Crippen LogP contribution in [0, 0.1) is 0 Å². The summed E-state index contributed by atoms with van der Waals surface area (Å²) in [7, 11) is 0. The first kappa shape index (κ1) is 11.6. The van der Waals surface area contributed by atoms with Crippen LogP contribution in [0.25, 0.3) is 0 Å². The minimum absolute atomic E-state index is 0.0397. The van der Waals surface area contributed by atoms with Gasteiger partial charge < -0.3 is 5.32 Å². The molecule has 2 rings (SSSR count). The van der Waals surface area contributed by atoms with Gasteiger partial charge in [-0.2, -0.15) is 0 Å². The third-order valence-corrected chi connectivity index (χ3v) is 3.29. The van der Waals surface area contributed by atoms with E-state index in [1.54, 1.807) is 18.2 Å². The van der Waals surface area contributed by atoms with Gasteiger partial charge >= 0.3 is 0 Å². The van der Waals surface area contributed by atoms with Crippen molar-refractivity contribution in [2.75, 3.05) is 11.4 Å². The minimum Gasteiger partial charge on any atom is -0.361 e. The van der Waals surface area contributed by atoms with Crippen LogP contribution in [-0.4, -0.2) is 17.6 Å². The molecule has 1 aliphatic heterocycles. The van der Waals surface area contributed by atoms with Crippen molar-refractivity contribution in [3.8, 4) is 0 Å². The summed E-state index contributed by atoms with van der Waals surface area (Å²) in [5, 5.41) is 4.21. The lowest BCUT2D eigenvalue weighted by Crippen LogP contribution is -2.49. The molecule has 1 saturated heterocycles. The highest BCUT2D eigenvalue weighted by molar-refractivity contribution is 7.80. The molecule has 0 aromatic heterocycles. The zero-order valence-electron chi connectivity index (χ0n) is 8.17. The molecule has 1 fully saturated rings. The van der Waals surface area contributed by atoms with E-state index in [0.29, 0.717) is 33.8 Å². The fourth-order valence-corrected chi connectivity index (χ4v) is 2.07. The van der Waals surface area contributed by atoms with Gasteiger partial charge in [0.2, 0.25) is 5.91 Å². The molecule has 84 valence electrons. The summed E-state index contributed by atoms with van der Waals surface area (Å²) in [6.45, 7) is 0.579. The standard InChI is InChI=1S/C10H8Cl2N2OS/c11-7-2-1-6(5-8(7)12)14-9(15)3-4-13-10(14)16/h1-2,5H,3-4H2,(H,13,16). The number of carbonyl (C=O) groups is 1. The predicted molar refractivity (Wildman–Crippen MR) is 69.2 cm³/mol. The van der Waals surface area contributed by atoms with E-state index in [1.807, 2.05) is 0 Å². The molecule has 0 atom stereocenters. The molecule has 0 saturated carbocycles. The molecule has 1 aliphatic rings. The number of rotatable bonds is 1. The maximum atomic E-state index is 11.7. The van der Waals surface area contributed by atoms with Gasteiger partial charge in [-0.25, -0.2) is 0 Å². The van der Waals surface area contributed by atoms with Gasteiger partial charge in [0.05, 0.1) is 15.7 Å². The molecular weight excluding hydrogens is 267 g/mol. The lowest BCUT2D eigenvalue weighted by atomic mass is 10.2. The highest BCUT2D eigenvalue weighted by Gasteiger charge is 2.24. The van der Waals surface area contributed by atoms with Crippen molar-refractivity contribution in [2.24, 2.45) is 0 Å². The van der Waals surface area contributed by atoms with Crippen molar-refractivity contribution in [2.45, 2.75) is 6.42 Å². The molecule has 1 heterocycles. The third-order valence-electron chi connectivity index (χ3n) is 2.23. The van der Waals surface area contributed by atoms with Crippen LogP contribution in [0.1, 0.15) is 6.42 Å². The van der Waals surface area contributed by atoms with Crippen LogP contribution >= 0.6 is 35.4 Å². The van der Waals surface area contributed by atoms with Gasteiger partial charge in [-0.05, 0) is 30.4 Å². The molecular formula is C10H8Cl2N2OS. The smallest absolute Gasteiger partial charge is 0.235 e. The lowest BCUT2D eigenvalue weighted by molar-refractivity contribution is -0.117. The van der Waals surface area contributed by atoms with Gasteiger partial charge in [-0.1, -0.05) is 23.2 Å². The van der Waals surface area contributed by atoms with Gasteiger partial charge in [0.15, 0.2) is 5.11 Å². The molecule has 0 spiro atoms. The SMILES string of the molecule is O=C1CCNC(=S)N1c1ccc(Cl)c(Cl)c1. The summed E-state index contributed by atoms with van der Waals surface area (Å²) < 4.78 is 0. The lowest BCUT2D eigenvalue weighted by Gasteiger charge is -2.28. The van der Waals surface area contributed by atoms with Crippen molar-refractivity contribution >= 4 is 52.1 Å². The number of thiocarbonyl (C=S) groups is 1. The monoisotopic (exact) mass is 274 g/mol. The van der Waals surface area contributed by atoms with E-state index >= 15 is 0 Å². The van der Waals surface area contributed by atoms with E-state index < -0.39 is 0 Å². The van der Waals surface area contributed by atoms with Crippen LogP contribution in [0.3, 0.4) is 0 Å². The van der Waals surface area contributed by atoms with Crippen LogP contribution in [0.15, 0.2) is 18.2 Å². The second kappa shape index (κ2) is 4.57. The van der Waals surface area contributed by atoms with Crippen molar-refractivity contribution in [1.29, 1.82) is 0 Å². The summed E-state index contributed by atoms with van der Waals surface area (Å²) in [6, 6.07) is 4.98. The molecule has 6 heteroatoms. The summed E-state index contributed by atoms with van der Waals surface area (Å²) in [6.07, 6.45) is 0.417. The fourth-order valence-electron chi connectivity index (χ4n) is 1.47. The predicted octanol–water partition coefficient (Wildman–Crippen LogP) is 2.60. The van der Waals surface area contributed by atoms with Crippen molar-refractivity contribution < 1.29 is 4.79 Å². The highest BCUT2D eigenvalue weighted by Crippen LogP contribution is 2.28. The summed E-state index contributed by atoms with van der Waals surface area (Å²) >= 11 is 16.8. The van der Waals surface area contributed by atoms with Crippen LogP contribution in [0.4, 0.5) is 5.69 Å². The number of halogens is 2. The Hall–Kier alpha value is -0.840. The number of anilines is 1. The van der Waals surface area contributed by atoms with E-state index in [1.165, 1.54) is 4.90 Å². The molecule has 0 radical (unpaired) electrons. The Morgan fingerprint density at radius 2 is 2.06 bits per heavy atom.